The molecule has 0 bridgehead atoms. The van der Waals surface area contributed by atoms with E-state index in [2.05, 4.69) is 46.2 Å². The molecule has 1 aromatic carbocycles. The highest BCUT2D eigenvalue weighted by atomic mass is 15.1. The van der Waals surface area contributed by atoms with E-state index in [1.807, 2.05) is 32.3 Å². The standard InChI is InChI=1S/C17H20N4/c1-12-8-9-13(11-19-12)15(18-2)10-17-20-14-6-4-5-7-16(14)21(17)3/h4-9,11,15,18H,10H2,1-3H3. The molecule has 2 aromatic heterocycles. The molecule has 0 aliphatic carbocycles. The van der Waals surface area contributed by atoms with Crippen LogP contribution in [0.1, 0.15) is 23.1 Å². The first-order valence-corrected chi connectivity index (χ1v) is 7.19. The molecule has 0 aliphatic rings. The molecule has 0 saturated carbocycles. The second-order valence-corrected chi connectivity index (χ2v) is 5.35. The van der Waals surface area contributed by atoms with Gasteiger partial charge in [0.25, 0.3) is 0 Å². The number of nitrogens with one attached hydrogen (secondary N) is 1. The Morgan fingerprint density at radius 3 is 2.67 bits per heavy atom. The fourth-order valence-corrected chi connectivity index (χ4v) is 2.63. The van der Waals surface area contributed by atoms with Crippen molar-refractivity contribution in [3.05, 3.63) is 59.7 Å². The van der Waals surface area contributed by atoms with Gasteiger partial charge in [0.2, 0.25) is 0 Å². The van der Waals surface area contributed by atoms with Crippen molar-refractivity contribution < 1.29 is 0 Å². The number of nitrogens with zero attached hydrogens (tertiary/aromatic N) is 3. The average Bonchev–Trinajstić information content (AvgIpc) is 2.83. The Morgan fingerprint density at radius 2 is 2.00 bits per heavy atom. The maximum atomic E-state index is 4.75. The Morgan fingerprint density at radius 1 is 1.19 bits per heavy atom. The minimum atomic E-state index is 0.216. The third-order valence-corrected chi connectivity index (χ3v) is 3.95. The molecule has 0 spiro atoms. The first kappa shape index (κ1) is 13.8. The monoisotopic (exact) mass is 280 g/mol. The molecule has 0 fully saturated rings. The molecule has 3 aromatic rings. The van der Waals surface area contributed by atoms with Gasteiger partial charge in [-0.1, -0.05) is 18.2 Å². The molecule has 3 rings (SSSR count). The van der Waals surface area contributed by atoms with Crippen LogP contribution >= 0.6 is 0 Å². The molecule has 2 heterocycles. The summed E-state index contributed by atoms with van der Waals surface area (Å²) >= 11 is 0. The molecule has 108 valence electrons. The van der Waals surface area contributed by atoms with Crippen molar-refractivity contribution in [3.8, 4) is 0 Å². The second-order valence-electron chi connectivity index (χ2n) is 5.35. The van der Waals surface area contributed by atoms with Crippen LogP contribution in [0.15, 0.2) is 42.6 Å². The normalized spacial score (nSPS) is 12.7. The summed E-state index contributed by atoms with van der Waals surface area (Å²) in [4.78, 5) is 9.13. The van der Waals surface area contributed by atoms with E-state index in [-0.39, 0.29) is 6.04 Å². The lowest BCUT2D eigenvalue weighted by Crippen LogP contribution is -2.20. The highest BCUT2D eigenvalue weighted by Gasteiger charge is 2.15. The molecule has 0 amide bonds. The van der Waals surface area contributed by atoms with Crippen molar-refractivity contribution in [2.45, 2.75) is 19.4 Å². The lowest BCUT2D eigenvalue weighted by atomic mass is 10.1. The highest BCUT2D eigenvalue weighted by Crippen LogP contribution is 2.20. The zero-order valence-electron chi connectivity index (χ0n) is 12.7. The number of aryl methyl sites for hydroxylation is 2. The van der Waals surface area contributed by atoms with Gasteiger partial charge in [-0.2, -0.15) is 0 Å². The third kappa shape index (κ3) is 2.67. The van der Waals surface area contributed by atoms with Gasteiger partial charge < -0.3 is 9.88 Å². The van der Waals surface area contributed by atoms with E-state index >= 15 is 0 Å². The van der Waals surface area contributed by atoms with Gasteiger partial charge in [0.1, 0.15) is 5.82 Å². The Bertz CT molecular complexity index is 743. The number of fused-ring (bicyclic) bond motifs is 1. The summed E-state index contributed by atoms with van der Waals surface area (Å²) in [7, 11) is 4.05. The van der Waals surface area contributed by atoms with Crippen LogP contribution in [0.5, 0.6) is 0 Å². The van der Waals surface area contributed by atoms with Crippen LogP contribution in [0.4, 0.5) is 0 Å². The maximum absolute atomic E-state index is 4.75. The molecule has 1 atom stereocenters. The summed E-state index contributed by atoms with van der Waals surface area (Å²) in [6.45, 7) is 2.00. The van der Waals surface area contributed by atoms with E-state index < -0.39 is 0 Å². The first-order valence-electron chi connectivity index (χ1n) is 7.19. The molecular formula is C17H20N4. The highest BCUT2D eigenvalue weighted by molar-refractivity contribution is 5.75. The molecule has 21 heavy (non-hydrogen) atoms. The van der Waals surface area contributed by atoms with Crippen molar-refractivity contribution in [2.75, 3.05) is 7.05 Å². The van der Waals surface area contributed by atoms with Gasteiger partial charge in [0, 0.05) is 31.4 Å². The van der Waals surface area contributed by atoms with Crippen LogP contribution in [0.2, 0.25) is 0 Å². The molecule has 1 N–H and O–H groups in total. The fourth-order valence-electron chi connectivity index (χ4n) is 2.63. The van der Waals surface area contributed by atoms with Crippen LogP contribution in [0, 0.1) is 6.92 Å². The Kier molecular flexibility index (Phi) is 3.71. The summed E-state index contributed by atoms with van der Waals surface area (Å²) in [6, 6.07) is 12.6. The number of hydrogen-bond acceptors (Lipinski definition) is 3. The van der Waals surface area contributed by atoms with Crippen LogP contribution < -0.4 is 5.32 Å². The van der Waals surface area contributed by atoms with Gasteiger partial charge in [-0.25, -0.2) is 4.98 Å². The van der Waals surface area contributed by atoms with Gasteiger partial charge in [0.15, 0.2) is 0 Å². The zero-order valence-corrected chi connectivity index (χ0v) is 12.7. The number of para-hydroxylation sites is 2. The van der Waals surface area contributed by atoms with Crippen molar-refractivity contribution in [1.29, 1.82) is 0 Å². The third-order valence-electron chi connectivity index (χ3n) is 3.95. The van der Waals surface area contributed by atoms with E-state index in [9.17, 15) is 0 Å². The van der Waals surface area contributed by atoms with Crippen LogP contribution in [-0.2, 0) is 13.5 Å². The molecule has 0 aliphatic heterocycles. The predicted molar refractivity (Wildman–Crippen MR) is 85.2 cm³/mol. The lowest BCUT2D eigenvalue weighted by molar-refractivity contribution is 0.564. The number of pyridine rings is 1. The number of likely N-dealkylation sites (N-methyl/N-ethyl adjacent to an activating group) is 1. The molecule has 0 saturated heterocycles. The van der Waals surface area contributed by atoms with E-state index in [1.165, 1.54) is 11.1 Å². The van der Waals surface area contributed by atoms with Gasteiger partial charge >= 0.3 is 0 Å². The predicted octanol–water partition coefficient (Wildman–Crippen LogP) is 2.78. The summed E-state index contributed by atoms with van der Waals surface area (Å²) in [6.07, 6.45) is 2.78. The van der Waals surface area contributed by atoms with Crippen LogP contribution in [0.3, 0.4) is 0 Å². The van der Waals surface area contributed by atoms with Crippen molar-refractivity contribution in [3.63, 3.8) is 0 Å². The smallest absolute Gasteiger partial charge is 0.111 e. The molecule has 4 heteroatoms. The Labute approximate surface area is 124 Å². The number of aromatic nitrogens is 3. The van der Waals surface area contributed by atoms with Gasteiger partial charge in [0.05, 0.1) is 11.0 Å². The quantitative estimate of drug-likeness (QED) is 0.799. The fraction of sp³-hybridized carbons (Fsp3) is 0.294. The van der Waals surface area contributed by atoms with Gasteiger partial charge in [-0.3, -0.25) is 4.98 Å². The maximum Gasteiger partial charge on any atom is 0.111 e. The summed E-state index contributed by atoms with van der Waals surface area (Å²) in [5.41, 5.74) is 4.45. The minimum absolute atomic E-state index is 0.216. The van der Waals surface area contributed by atoms with Crippen LogP contribution in [-0.4, -0.2) is 21.6 Å². The van der Waals surface area contributed by atoms with E-state index in [0.29, 0.717) is 0 Å². The summed E-state index contributed by atoms with van der Waals surface area (Å²) < 4.78 is 2.17. The van der Waals surface area contributed by atoms with Gasteiger partial charge in [-0.05, 0) is 37.7 Å². The van der Waals surface area contributed by atoms with Crippen molar-refractivity contribution in [1.82, 2.24) is 19.9 Å². The molecule has 0 radical (unpaired) electrons. The second kappa shape index (κ2) is 5.66. The Balaban J connectivity index is 1.92. The Hall–Kier alpha value is -2.20. The van der Waals surface area contributed by atoms with Crippen LogP contribution in [0.25, 0.3) is 11.0 Å². The van der Waals surface area contributed by atoms with Crippen molar-refractivity contribution in [2.24, 2.45) is 7.05 Å². The van der Waals surface area contributed by atoms with E-state index in [0.717, 1.165) is 23.5 Å². The van der Waals surface area contributed by atoms with Crippen molar-refractivity contribution >= 4 is 11.0 Å². The average molecular weight is 280 g/mol. The summed E-state index contributed by atoms with van der Waals surface area (Å²) in [5, 5.41) is 3.36. The number of benzene rings is 1. The first-order chi connectivity index (χ1) is 10.2. The summed E-state index contributed by atoms with van der Waals surface area (Å²) in [5.74, 6) is 1.08. The minimum Gasteiger partial charge on any atom is -0.331 e. The molecule has 4 nitrogen and oxygen atoms in total. The number of rotatable bonds is 4. The van der Waals surface area contributed by atoms with Gasteiger partial charge in [-0.15, -0.1) is 0 Å². The largest absolute Gasteiger partial charge is 0.331 e. The topological polar surface area (TPSA) is 42.7 Å². The molecular weight excluding hydrogens is 260 g/mol. The zero-order chi connectivity index (χ0) is 14.8. The van der Waals surface area contributed by atoms with E-state index in [1.54, 1.807) is 0 Å². The molecule has 1 unspecified atom stereocenters. The number of hydrogen-bond donors (Lipinski definition) is 1. The van der Waals surface area contributed by atoms with E-state index in [4.69, 9.17) is 4.98 Å². The lowest BCUT2D eigenvalue weighted by Gasteiger charge is -2.16. The number of imidazole rings is 1. The SMILES string of the molecule is CNC(Cc1nc2ccccc2n1C)c1ccc(C)nc1.